The molecule has 1 heterocycles. The summed E-state index contributed by atoms with van der Waals surface area (Å²) in [5, 5.41) is 0. The van der Waals surface area contributed by atoms with Gasteiger partial charge in [-0.1, -0.05) is 34.1 Å². The summed E-state index contributed by atoms with van der Waals surface area (Å²) >= 11 is 3.66. The molecule has 1 aliphatic heterocycles. The zero-order valence-corrected chi connectivity index (χ0v) is 14.7. The van der Waals surface area contributed by atoms with E-state index in [1.807, 2.05) is 0 Å². The monoisotopic (exact) mass is 354 g/mol. The standard InChI is InChI=1S/C16H27BrN4/c1-19(2)7-8-20-9-11-21(12-10-20)16(13-18)14-5-3-4-6-15(14)17/h3-6,16H,7-13,18H2,1-2H3. The number of benzene rings is 1. The number of hydrogen-bond donors (Lipinski definition) is 1. The van der Waals surface area contributed by atoms with Crippen molar-refractivity contribution in [3.05, 3.63) is 34.3 Å². The van der Waals surface area contributed by atoms with E-state index in [4.69, 9.17) is 5.73 Å². The molecule has 1 saturated heterocycles. The zero-order chi connectivity index (χ0) is 15.2. The van der Waals surface area contributed by atoms with Crippen LogP contribution in [0.2, 0.25) is 0 Å². The molecule has 1 aromatic rings. The first-order valence-corrected chi connectivity index (χ1v) is 8.46. The zero-order valence-electron chi connectivity index (χ0n) is 13.1. The van der Waals surface area contributed by atoms with Gasteiger partial charge in [-0.2, -0.15) is 0 Å². The predicted molar refractivity (Wildman–Crippen MR) is 92.5 cm³/mol. The minimum Gasteiger partial charge on any atom is -0.329 e. The van der Waals surface area contributed by atoms with Gasteiger partial charge < -0.3 is 10.6 Å². The molecular formula is C16H27BrN4. The molecular weight excluding hydrogens is 328 g/mol. The Labute approximate surface area is 137 Å². The summed E-state index contributed by atoms with van der Waals surface area (Å²) in [4.78, 5) is 7.31. The Bertz CT molecular complexity index is 430. The maximum absolute atomic E-state index is 6.05. The first kappa shape index (κ1) is 16.9. The molecule has 0 aromatic heterocycles. The summed E-state index contributed by atoms with van der Waals surface area (Å²) in [6, 6.07) is 8.75. The largest absolute Gasteiger partial charge is 0.329 e. The Morgan fingerprint density at radius 1 is 1.19 bits per heavy atom. The van der Waals surface area contributed by atoms with E-state index >= 15 is 0 Å². The molecule has 5 heteroatoms. The van der Waals surface area contributed by atoms with E-state index in [0.29, 0.717) is 12.6 Å². The van der Waals surface area contributed by atoms with Crippen LogP contribution in [0, 0.1) is 0 Å². The predicted octanol–water partition coefficient (Wildman–Crippen LogP) is 1.63. The second kappa shape index (κ2) is 8.25. The van der Waals surface area contributed by atoms with Crippen molar-refractivity contribution in [3.8, 4) is 0 Å². The molecule has 0 amide bonds. The normalized spacial score (nSPS) is 19.1. The van der Waals surface area contributed by atoms with E-state index in [2.05, 4.69) is 69.0 Å². The Morgan fingerprint density at radius 3 is 2.43 bits per heavy atom. The van der Waals surface area contributed by atoms with Crippen molar-refractivity contribution in [2.24, 2.45) is 5.73 Å². The van der Waals surface area contributed by atoms with E-state index in [1.165, 1.54) is 5.56 Å². The molecule has 0 radical (unpaired) electrons. The van der Waals surface area contributed by atoms with Gasteiger partial charge in [0, 0.05) is 56.3 Å². The highest BCUT2D eigenvalue weighted by molar-refractivity contribution is 9.10. The second-order valence-electron chi connectivity index (χ2n) is 5.95. The van der Waals surface area contributed by atoms with Crippen LogP contribution in [0.15, 0.2) is 28.7 Å². The van der Waals surface area contributed by atoms with Crippen LogP contribution in [0.25, 0.3) is 0 Å². The van der Waals surface area contributed by atoms with Gasteiger partial charge in [-0.25, -0.2) is 0 Å². The molecule has 21 heavy (non-hydrogen) atoms. The van der Waals surface area contributed by atoms with Crippen LogP contribution >= 0.6 is 15.9 Å². The van der Waals surface area contributed by atoms with Crippen LogP contribution < -0.4 is 5.73 Å². The maximum atomic E-state index is 6.05. The summed E-state index contributed by atoms with van der Waals surface area (Å²) in [7, 11) is 4.27. The molecule has 1 aromatic carbocycles. The molecule has 118 valence electrons. The second-order valence-corrected chi connectivity index (χ2v) is 6.81. The molecule has 4 nitrogen and oxygen atoms in total. The molecule has 1 atom stereocenters. The topological polar surface area (TPSA) is 35.7 Å². The third kappa shape index (κ3) is 4.76. The lowest BCUT2D eigenvalue weighted by Gasteiger charge is -2.39. The first-order chi connectivity index (χ1) is 10.1. The van der Waals surface area contributed by atoms with Crippen LogP contribution in [0.3, 0.4) is 0 Å². The Morgan fingerprint density at radius 2 is 1.86 bits per heavy atom. The highest BCUT2D eigenvalue weighted by Gasteiger charge is 2.25. The SMILES string of the molecule is CN(C)CCN1CCN(C(CN)c2ccccc2Br)CC1. The van der Waals surface area contributed by atoms with Gasteiger partial charge >= 0.3 is 0 Å². The van der Waals surface area contributed by atoms with Crippen molar-refractivity contribution < 1.29 is 0 Å². The molecule has 2 rings (SSSR count). The molecule has 1 unspecified atom stereocenters. The van der Waals surface area contributed by atoms with Gasteiger partial charge in [0.15, 0.2) is 0 Å². The van der Waals surface area contributed by atoms with Crippen molar-refractivity contribution in [3.63, 3.8) is 0 Å². The number of hydrogen-bond acceptors (Lipinski definition) is 4. The third-order valence-corrected chi connectivity index (χ3v) is 4.92. The fraction of sp³-hybridized carbons (Fsp3) is 0.625. The first-order valence-electron chi connectivity index (χ1n) is 7.67. The molecule has 0 saturated carbocycles. The molecule has 1 fully saturated rings. The van der Waals surface area contributed by atoms with Gasteiger partial charge in [0.1, 0.15) is 0 Å². The molecule has 2 N–H and O–H groups in total. The lowest BCUT2D eigenvalue weighted by atomic mass is 10.0. The van der Waals surface area contributed by atoms with E-state index in [1.54, 1.807) is 0 Å². The van der Waals surface area contributed by atoms with Gasteiger partial charge in [0.05, 0.1) is 0 Å². The molecule has 1 aliphatic rings. The van der Waals surface area contributed by atoms with E-state index in [0.717, 1.165) is 43.7 Å². The molecule has 0 spiro atoms. The number of nitrogens with two attached hydrogens (primary N) is 1. The van der Waals surface area contributed by atoms with Crippen molar-refractivity contribution in [1.29, 1.82) is 0 Å². The minimum absolute atomic E-state index is 0.316. The van der Waals surface area contributed by atoms with Gasteiger partial charge in [0.25, 0.3) is 0 Å². The maximum Gasteiger partial charge on any atom is 0.0482 e. The average Bonchev–Trinajstić information content (AvgIpc) is 2.49. The van der Waals surface area contributed by atoms with Crippen molar-refractivity contribution in [2.75, 3.05) is 59.9 Å². The number of piperazine rings is 1. The van der Waals surface area contributed by atoms with Crippen LogP contribution in [0.1, 0.15) is 11.6 Å². The lowest BCUT2D eigenvalue weighted by Crippen LogP contribution is -2.50. The lowest BCUT2D eigenvalue weighted by molar-refractivity contribution is 0.0938. The smallest absolute Gasteiger partial charge is 0.0482 e. The summed E-state index contributed by atoms with van der Waals surface area (Å²) in [6.45, 7) is 7.41. The van der Waals surface area contributed by atoms with E-state index in [-0.39, 0.29) is 0 Å². The quantitative estimate of drug-likeness (QED) is 0.842. The van der Waals surface area contributed by atoms with Crippen LogP contribution in [0.5, 0.6) is 0 Å². The fourth-order valence-corrected chi connectivity index (χ4v) is 3.41. The Hall–Kier alpha value is -0.460. The van der Waals surface area contributed by atoms with Crippen LogP contribution in [-0.4, -0.2) is 74.6 Å². The summed E-state index contributed by atoms with van der Waals surface area (Å²) < 4.78 is 1.16. The number of rotatable bonds is 6. The minimum atomic E-state index is 0.316. The Kier molecular flexibility index (Phi) is 6.64. The molecule has 0 aliphatic carbocycles. The van der Waals surface area contributed by atoms with Gasteiger partial charge in [-0.05, 0) is 25.7 Å². The number of halogens is 1. The highest BCUT2D eigenvalue weighted by atomic mass is 79.9. The number of likely N-dealkylation sites (N-methyl/N-ethyl adjacent to an activating group) is 1. The average molecular weight is 355 g/mol. The Balaban J connectivity index is 1.92. The summed E-state index contributed by atoms with van der Waals surface area (Å²) in [5.74, 6) is 0. The fourth-order valence-electron chi connectivity index (χ4n) is 2.86. The van der Waals surface area contributed by atoms with Gasteiger partial charge in [-0.3, -0.25) is 9.80 Å². The molecule has 0 bridgehead atoms. The van der Waals surface area contributed by atoms with Gasteiger partial charge in [0.2, 0.25) is 0 Å². The number of nitrogens with zero attached hydrogens (tertiary/aromatic N) is 3. The summed E-state index contributed by atoms with van der Waals surface area (Å²) in [5.41, 5.74) is 7.36. The van der Waals surface area contributed by atoms with Crippen molar-refractivity contribution in [1.82, 2.24) is 14.7 Å². The van der Waals surface area contributed by atoms with Crippen LogP contribution in [-0.2, 0) is 0 Å². The van der Waals surface area contributed by atoms with Gasteiger partial charge in [-0.15, -0.1) is 0 Å². The summed E-state index contributed by atoms with van der Waals surface area (Å²) in [6.07, 6.45) is 0. The van der Waals surface area contributed by atoms with Crippen LogP contribution in [0.4, 0.5) is 0 Å². The van der Waals surface area contributed by atoms with E-state index in [9.17, 15) is 0 Å². The third-order valence-electron chi connectivity index (χ3n) is 4.20. The van der Waals surface area contributed by atoms with Crippen molar-refractivity contribution in [2.45, 2.75) is 6.04 Å². The highest BCUT2D eigenvalue weighted by Crippen LogP contribution is 2.27. The van der Waals surface area contributed by atoms with Crippen molar-refractivity contribution >= 4 is 15.9 Å². The van der Waals surface area contributed by atoms with E-state index < -0.39 is 0 Å².